The van der Waals surface area contributed by atoms with Gasteiger partial charge < -0.3 is 15.6 Å². The van der Waals surface area contributed by atoms with Gasteiger partial charge in [-0.05, 0) is 23.6 Å². The van der Waals surface area contributed by atoms with Crippen molar-refractivity contribution in [3.63, 3.8) is 0 Å². The molecule has 0 bridgehead atoms. The Hall–Kier alpha value is -2.82. The van der Waals surface area contributed by atoms with E-state index in [1.807, 2.05) is 30.3 Å². The Balaban J connectivity index is 1.46. The van der Waals surface area contributed by atoms with Crippen molar-refractivity contribution in [2.45, 2.75) is 19.3 Å². The molecule has 1 unspecified atom stereocenters. The van der Waals surface area contributed by atoms with Crippen molar-refractivity contribution >= 4 is 17.0 Å². The summed E-state index contributed by atoms with van der Waals surface area (Å²) < 4.78 is 0. The first kappa shape index (κ1) is 17.0. The van der Waals surface area contributed by atoms with Crippen LogP contribution in [0.4, 0.5) is 0 Å². The molecule has 2 aromatic carbocycles. The number of aromatic amines is 1. The van der Waals surface area contributed by atoms with Crippen LogP contribution >= 0.6 is 0 Å². The number of fused-ring (bicyclic) bond motifs is 1. The highest BCUT2D eigenvalue weighted by Crippen LogP contribution is 2.13. The number of aromatic nitrogens is 2. The molecule has 0 saturated heterocycles. The van der Waals surface area contributed by atoms with Crippen molar-refractivity contribution in [2.75, 3.05) is 20.1 Å². The number of hydrogen-bond acceptors (Lipinski definition) is 2. The van der Waals surface area contributed by atoms with Crippen LogP contribution in [0.15, 0.2) is 59.6 Å². The lowest BCUT2D eigenvalue weighted by Gasteiger charge is -2.16. The number of H-pyrrole nitrogens is 1. The van der Waals surface area contributed by atoms with Gasteiger partial charge in [-0.3, -0.25) is 4.99 Å². The molecule has 130 valence electrons. The zero-order chi connectivity index (χ0) is 17.5. The molecule has 0 aliphatic rings. The first-order chi connectivity index (χ1) is 12.3. The topological polar surface area (TPSA) is 65.1 Å². The quantitative estimate of drug-likeness (QED) is 0.479. The second-order valence-corrected chi connectivity index (χ2v) is 6.14. The molecular weight excluding hydrogens is 310 g/mol. The van der Waals surface area contributed by atoms with Gasteiger partial charge in [-0.25, -0.2) is 4.98 Å². The second kappa shape index (κ2) is 8.33. The Bertz CT molecular complexity index is 789. The molecule has 3 aromatic rings. The molecule has 0 aliphatic heterocycles. The molecule has 0 amide bonds. The normalized spacial score (nSPS) is 13.0. The van der Waals surface area contributed by atoms with Crippen LogP contribution in [0.1, 0.15) is 24.2 Å². The molecule has 5 nitrogen and oxygen atoms in total. The van der Waals surface area contributed by atoms with Gasteiger partial charge in [-0.1, -0.05) is 49.4 Å². The fraction of sp³-hybridized carbons (Fsp3) is 0.300. The van der Waals surface area contributed by atoms with E-state index in [2.05, 4.69) is 56.8 Å². The second-order valence-electron chi connectivity index (χ2n) is 6.14. The highest BCUT2D eigenvalue weighted by atomic mass is 15.2. The Kier molecular flexibility index (Phi) is 5.67. The van der Waals surface area contributed by atoms with Crippen molar-refractivity contribution in [1.29, 1.82) is 0 Å². The molecule has 0 radical (unpaired) electrons. The number of para-hydroxylation sites is 2. The van der Waals surface area contributed by atoms with E-state index in [0.29, 0.717) is 5.92 Å². The standard InChI is InChI=1S/C20H25N5/c1-15(16-8-4-3-5-9-16)14-23-20(21-2)22-13-12-19-24-17-10-6-7-11-18(17)25-19/h3-11,15H,12-14H2,1-2H3,(H,24,25)(H2,21,22,23). The molecule has 0 aliphatic carbocycles. The van der Waals surface area contributed by atoms with Gasteiger partial charge in [0.2, 0.25) is 0 Å². The van der Waals surface area contributed by atoms with E-state index < -0.39 is 0 Å². The van der Waals surface area contributed by atoms with Crippen LogP contribution in [0.3, 0.4) is 0 Å². The first-order valence-electron chi connectivity index (χ1n) is 8.69. The highest BCUT2D eigenvalue weighted by Gasteiger charge is 2.06. The Morgan fingerprint density at radius 1 is 1.08 bits per heavy atom. The summed E-state index contributed by atoms with van der Waals surface area (Å²) in [6, 6.07) is 18.6. The van der Waals surface area contributed by atoms with E-state index in [-0.39, 0.29) is 0 Å². The SMILES string of the molecule is CN=C(NCCc1nc2ccccc2[nH]1)NCC(C)c1ccccc1. The van der Waals surface area contributed by atoms with Crippen molar-refractivity contribution in [3.8, 4) is 0 Å². The number of nitrogens with one attached hydrogen (secondary N) is 3. The molecule has 1 atom stereocenters. The molecule has 1 aromatic heterocycles. The van der Waals surface area contributed by atoms with Crippen LogP contribution in [-0.4, -0.2) is 36.1 Å². The van der Waals surface area contributed by atoms with Crippen LogP contribution in [0, 0.1) is 0 Å². The average Bonchev–Trinajstić information content (AvgIpc) is 3.07. The van der Waals surface area contributed by atoms with Crippen molar-refractivity contribution < 1.29 is 0 Å². The zero-order valence-electron chi connectivity index (χ0n) is 14.8. The maximum Gasteiger partial charge on any atom is 0.191 e. The smallest absolute Gasteiger partial charge is 0.191 e. The summed E-state index contributed by atoms with van der Waals surface area (Å²) in [6.07, 6.45) is 0.823. The molecule has 25 heavy (non-hydrogen) atoms. The van der Waals surface area contributed by atoms with Crippen molar-refractivity contribution in [2.24, 2.45) is 4.99 Å². The molecule has 5 heteroatoms. The lowest BCUT2D eigenvalue weighted by Crippen LogP contribution is -2.40. The molecule has 3 rings (SSSR count). The molecule has 0 fully saturated rings. The number of rotatable bonds is 6. The molecule has 0 spiro atoms. The largest absolute Gasteiger partial charge is 0.356 e. The molecule has 3 N–H and O–H groups in total. The third kappa shape index (κ3) is 4.59. The third-order valence-electron chi connectivity index (χ3n) is 4.26. The number of hydrogen-bond donors (Lipinski definition) is 3. The van der Waals surface area contributed by atoms with Crippen LogP contribution in [0.5, 0.6) is 0 Å². The Morgan fingerprint density at radius 3 is 2.60 bits per heavy atom. The molecular formula is C20H25N5. The monoisotopic (exact) mass is 335 g/mol. The minimum atomic E-state index is 0.426. The third-order valence-corrected chi connectivity index (χ3v) is 4.26. The van der Waals surface area contributed by atoms with Crippen LogP contribution in [-0.2, 0) is 6.42 Å². The summed E-state index contributed by atoms with van der Waals surface area (Å²) in [6.45, 7) is 3.83. The van der Waals surface area contributed by atoms with E-state index >= 15 is 0 Å². The number of imidazole rings is 1. The molecule has 0 saturated carbocycles. The number of aliphatic imine (C=N–C) groups is 1. The van der Waals surface area contributed by atoms with Gasteiger partial charge >= 0.3 is 0 Å². The zero-order valence-corrected chi connectivity index (χ0v) is 14.8. The van der Waals surface area contributed by atoms with Crippen molar-refractivity contribution in [1.82, 2.24) is 20.6 Å². The lowest BCUT2D eigenvalue weighted by molar-refractivity contribution is 0.695. The summed E-state index contributed by atoms with van der Waals surface area (Å²) in [5, 5.41) is 6.74. The number of benzene rings is 2. The molecule has 1 heterocycles. The predicted molar refractivity (Wildman–Crippen MR) is 104 cm³/mol. The van der Waals surface area contributed by atoms with Crippen LogP contribution < -0.4 is 10.6 Å². The number of nitrogens with zero attached hydrogens (tertiary/aromatic N) is 2. The maximum absolute atomic E-state index is 4.59. The fourth-order valence-corrected chi connectivity index (χ4v) is 2.79. The van der Waals surface area contributed by atoms with E-state index in [0.717, 1.165) is 42.3 Å². The predicted octanol–water partition coefficient (Wildman–Crippen LogP) is 3.07. The van der Waals surface area contributed by atoms with E-state index in [1.54, 1.807) is 7.05 Å². The summed E-state index contributed by atoms with van der Waals surface area (Å²) in [7, 11) is 1.80. The lowest BCUT2D eigenvalue weighted by atomic mass is 10.0. The minimum absolute atomic E-state index is 0.426. The summed E-state index contributed by atoms with van der Waals surface area (Å²) >= 11 is 0. The Labute approximate surface area is 148 Å². The fourth-order valence-electron chi connectivity index (χ4n) is 2.79. The van der Waals surface area contributed by atoms with Gasteiger partial charge in [-0.15, -0.1) is 0 Å². The summed E-state index contributed by atoms with van der Waals surface area (Å²) in [5.74, 6) is 2.23. The average molecular weight is 335 g/mol. The number of guanidine groups is 1. The van der Waals surface area contributed by atoms with Gasteiger partial charge in [-0.2, -0.15) is 0 Å². The van der Waals surface area contributed by atoms with Crippen molar-refractivity contribution in [3.05, 3.63) is 66.0 Å². The van der Waals surface area contributed by atoms with E-state index in [4.69, 9.17) is 0 Å². The highest BCUT2D eigenvalue weighted by molar-refractivity contribution is 5.79. The van der Waals surface area contributed by atoms with Gasteiger partial charge in [0.15, 0.2) is 5.96 Å². The van der Waals surface area contributed by atoms with E-state index in [1.165, 1.54) is 5.56 Å². The maximum atomic E-state index is 4.59. The van der Waals surface area contributed by atoms with Gasteiger partial charge in [0.25, 0.3) is 0 Å². The van der Waals surface area contributed by atoms with E-state index in [9.17, 15) is 0 Å². The first-order valence-corrected chi connectivity index (χ1v) is 8.69. The Morgan fingerprint density at radius 2 is 1.84 bits per heavy atom. The van der Waals surface area contributed by atoms with Crippen LogP contribution in [0.2, 0.25) is 0 Å². The van der Waals surface area contributed by atoms with Crippen LogP contribution in [0.25, 0.3) is 11.0 Å². The van der Waals surface area contributed by atoms with Gasteiger partial charge in [0, 0.05) is 26.6 Å². The van der Waals surface area contributed by atoms with Gasteiger partial charge in [0.1, 0.15) is 5.82 Å². The summed E-state index contributed by atoms with van der Waals surface area (Å²) in [5.41, 5.74) is 3.42. The summed E-state index contributed by atoms with van der Waals surface area (Å²) in [4.78, 5) is 12.2. The van der Waals surface area contributed by atoms with Gasteiger partial charge in [0.05, 0.1) is 11.0 Å². The minimum Gasteiger partial charge on any atom is -0.356 e.